The maximum atomic E-state index is 11.1. The van der Waals surface area contributed by atoms with Crippen LogP contribution in [-0.4, -0.2) is 31.4 Å². The van der Waals surface area contributed by atoms with Crippen LogP contribution in [0.1, 0.15) is 0 Å². The summed E-state index contributed by atoms with van der Waals surface area (Å²) in [5, 5.41) is 11.7. The molecule has 0 radical (unpaired) electrons. The number of benzene rings is 1. The van der Waals surface area contributed by atoms with E-state index < -0.39 is 0 Å². The van der Waals surface area contributed by atoms with Crippen molar-refractivity contribution in [1.29, 1.82) is 0 Å². The first-order chi connectivity index (χ1) is 7.20. The van der Waals surface area contributed by atoms with E-state index in [-0.39, 0.29) is 19.2 Å². The Morgan fingerprint density at radius 3 is 3.13 bits per heavy atom. The van der Waals surface area contributed by atoms with Crippen molar-refractivity contribution in [3.63, 3.8) is 0 Å². The molecule has 0 bridgehead atoms. The highest BCUT2D eigenvalue weighted by Gasteiger charge is 2.16. The van der Waals surface area contributed by atoms with E-state index in [2.05, 4.69) is 5.32 Å². The third-order valence-corrected chi connectivity index (χ3v) is 2.25. The minimum Gasteiger partial charge on any atom is -0.482 e. The Bertz CT molecular complexity index is 392. The predicted molar refractivity (Wildman–Crippen MR) is 56.1 cm³/mol. The average Bonchev–Trinajstić information content (AvgIpc) is 2.27. The first kappa shape index (κ1) is 9.79. The van der Waals surface area contributed by atoms with Gasteiger partial charge in [0.2, 0.25) is 0 Å². The second-order valence-electron chi connectivity index (χ2n) is 3.36. The molecule has 15 heavy (non-hydrogen) atoms. The number of anilines is 2. The van der Waals surface area contributed by atoms with Crippen LogP contribution in [-0.2, 0) is 4.79 Å². The molecule has 1 heterocycles. The average molecular weight is 208 g/mol. The van der Waals surface area contributed by atoms with E-state index in [9.17, 15) is 4.79 Å². The van der Waals surface area contributed by atoms with Gasteiger partial charge in [-0.05, 0) is 18.2 Å². The van der Waals surface area contributed by atoms with Crippen LogP contribution in [0.4, 0.5) is 11.4 Å². The number of nitrogens with zero attached hydrogens (tertiary/aromatic N) is 1. The molecule has 80 valence electrons. The van der Waals surface area contributed by atoms with E-state index in [1.165, 1.54) is 0 Å². The molecule has 0 spiro atoms. The van der Waals surface area contributed by atoms with Gasteiger partial charge in [-0.15, -0.1) is 0 Å². The van der Waals surface area contributed by atoms with Crippen molar-refractivity contribution in [2.45, 2.75) is 0 Å². The molecule has 2 N–H and O–H groups in total. The van der Waals surface area contributed by atoms with E-state index in [0.717, 1.165) is 5.69 Å². The van der Waals surface area contributed by atoms with E-state index >= 15 is 0 Å². The van der Waals surface area contributed by atoms with Gasteiger partial charge >= 0.3 is 0 Å². The lowest BCUT2D eigenvalue weighted by Gasteiger charge is -2.21. The predicted octanol–water partition coefficient (Wildman–Crippen LogP) is 0.403. The lowest BCUT2D eigenvalue weighted by molar-refractivity contribution is -0.118. The molecule has 1 aromatic rings. The molecule has 0 unspecified atom stereocenters. The number of aliphatic hydroxyl groups is 1. The molecule has 1 aliphatic rings. The van der Waals surface area contributed by atoms with Crippen molar-refractivity contribution in [2.75, 3.05) is 30.6 Å². The van der Waals surface area contributed by atoms with E-state index in [1.807, 2.05) is 6.07 Å². The van der Waals surface area contributed by atoms with Gasteiger partial charge in [0.1, 0.15) is 12.5 Å². The fourth-order valence-corrected chi connectivity index (χ4v) is 1.39. The van der Waals surface area contributed by atoms with Gasteiger partial charge in [0, 0.05) is 12.7 Å². The van der Waals surface area contributed by atoms with E-state index in [0.29, 0.717) is 11.4 Å². The zero-order valence-corrected chi connectivity index (χ0v) is 8.36. The first-order valence-electron chi connectivity index (χ1n) is 4.59. The topological polar surface area (TPSA) is 61.8 Å². The molecule has 0 fully saturated rings. The van der Waals surface area contributed by atoms with E-state index in [1.54, 1.807) is 24.1 Å². The number of carbonyl (C=O) groups excluding carboxylic acids is 1. The third kappa shape index (κ3) is 1.87. The summed E-state index contributed by atoms with van der Waals surface area (Å²) in [6, 6.07) is 5.37. The molecule has 1 aromatic carbocycles. The SMILES string of the molecule is CN(CO)c1ccc2c(c1)NC(=O)CO2. The van der Waals surface area contributed by atoms with Crippen molar-refractivity contribution in [3.8, 4) is 5.75 Å². The Morgan fingerprint density at radius 2 is 2.40 bits per heavy atom. The zero-order chi connectivity index (χ0) is 10.8. The summed E-state index contributed by atoms with van der Waals surface area (Å²) in [6.07, 6.45) is 0. The second-order valence-corrected chi connectivity index (χ2v) is 3.36. The first-order valence-corrected chi connectivity index (χ1v) is 4.59. The van der Waals surface area contributed by atoms with Crippen LogP contribution in [0.2, 0.25) is 0 Å². The molecule has 5 nitrogen and oxygen atoms in total. The number of aliphatic hydroxyl groups excluding tert-OH is 1. The largest absolute Gasteiger partial charge is 0.482 e. The monoisotopic (exact) mass is 208 g/mol. The Kier molecular flexibility index (Phi) is 2.47. The fraction of sp³-hybridized carbons (Fsp3) is 0.300. The van der Waals surface area contributed by atoms with Crippen LogP contribution in [0.15, 0.2) is 18.2 Å². The van der Waals surface area contributed by atoms with Crippen LogP contribution in [0.5, 0.6) is 5.75 Å². The normalized spacial score (nSPS) is 13.9. The molecule has 2 rings (SSSR count). The third-order valence-electron chi connectivity index (χ3n) is 2.25. The number of fused-ring (bicyclic) bond motifs is 1. The number of amides is 1. The van der Waals surface area contributed by atoms with Crippen LogP contribution in [0, 0.1) is 0 Å². The smallest absolute Gasteiger partial charge is 0.262 e. The summed E-state index contributed by atoms with van der Waals surface area (Å²) < 4.78 is 5.21. The fourth-order valence-electron chi connectivity index (χ4n) is 1.39. The van der Waals surface area contributed by atoms with Gasteiger partial charge in [-0.2, -0.15) is 0 Å². The number of rotatable bonds is 2. The Hall–Kier alpha value is -1.75. The lowest BCUT2D eigenvalue weighted by atomic mass is 10.2. The zero-order valence-electron chi connectivity index (χ0n) is 8.36. The Labute approximate surface area is 87.3 Å². The van der Waals surface area contributed by atoms with Gasteiger partial charge in [-0.1, -0.05) is 0 Å². The number of hydrogen-bond donors (Lipinski definition) is 2. The summed E-state index contributed by atoms with van der Waals surface area (Å²) in [7, 11) is 1.76. The van der Waals surface area contributed by atoms with Crippen molar-refractivity contribution in [1.82, 2.24) is 0 Å². The molecular formula is C10H12N2O3. The maximum absolute atomic E-state index is 11.1. The molecule has 0 aliphatic carbocycles. The summed E-state index contributed by atoms with van der Waals surface area (Å²) in [4.78, 5) is 12.7. The van der Waals surface area contributed by atoms with Crippen molar-refractivity contribution < 1.29 is 14.6 Å². The molecular weight excluding hydrogens is 196 g/mol. The summed E-state index contributed by atoms with van der Waals surface area (Å²) in [5.41, 5.74) is 1.46. The quantitative estimate of drug-likeness (QED) is 0.691. The number of carbonyl (C=O) groups is 1. The number of nitrogens with one attached hydrogen (secondary N) is 1. The highest BCUT2D eigenvalue weighted by molar-refractivity contribution is 5.96. The molecule has 1 amide bonds. The second kappa shape index (κ2) is 3.78. The summed E-state index contributed by atoms with van der Waals surface area (Å²) in [5.74, 6) is 0.496. The number of hydrogen-bond acceptors (Lipinski definition) is 4. The highest BCUT2D eigenvalue weighted by Crippen LogP contribution is 2.31. The Balaban J connectivity index is 2.32. The lowest BCUT2D eigenvalue weighted by Crippen LogP contribution is -2.26. The van der Waals surface area contributed by atoms with Crippen LogP contribution >= 0.6 is 0 Å². The standard InChI is InChI=1S/C10H12N2O3/c1-12(6-13)7-2-3-9-8(4-7)11-10(14)5-15-9/h2-4,13H,5-6H2,1H3,(H,11,14). The van der Waals surface area contributed by atoms with Gasteiger partial charge in [-0.25, -0.2) is 0 Å². The van der Waals surface area contributed by atoms with Crippen LogP contribution < -0.4 is 15.0 Å². The minimum absolute atomic E-state index is 0.0577. The molecule has 0 atom stereocenters. The molecule has 0 saturated carbocycles. The van der Waals surface area contributed by atoms with Gasteiger partial charge in [0.25, 0.3) is 5.91 Å². The van der Waals surface area contributed by atoms with Gasteiger partial charge < -0.3 is 20.1 Å². The van der Waals surface area contributed by atoms with Crippen molar-refractivity contribution in [3.05, 3.63) is 18.2 Å². The summed E-state index contributed by atoms with van der Waals surface area (Å²) in [6.45, 7) is -0.0181. The summed E-state index contributed by atoms with van der Waals surface area (Å²) >= 11 is 0. The Morgan fingerprint density at radius 1 is 1.60 bits per heavy atom. The number of ether oxygens (including phenoxy) is 1. The van der Waals surface area contributed by atoms with Crippen molar-refractivity contribution in [2.24, 2.45) is 0 Å². The molecule has 0 saturated heterocycles. The van der Waals surface area contributed by atoms with Gasteiger partial charge in [-0.3, -0.25) is 4.79 Å². The molecule has 0 aromatic heterocycles. The van der Waals surface area contributed by atoms with Gasteiger partial charge in [0.15, 0.2) is 6.61 Å². The van der Waals surface area contributed by atoms with Crippen LogP contribution in [0.25, 0.3) is 0 Å². The van der Waals surface area contributed by atoms with Crippen LogP contribution in [0.3, 0.4) is 0 Å². The molecule has 5 heteroatoms. The molecule has 1 aliphatic heterocycles. The van der Waals surface area contributed by atoms with E-state index in [4.69, 9.17) is 9.84 Å². The van der Waals surface area contributed by atoms with Crippen molar-refractivity contribution >= 4 is 17.3 Å². The maximum Gasteiger partial charge on any atom is 0.262 e. The van der Waals surface area contributed by atoms with Gasteiger partial charge in [0.05, 0.1) is 5.69 Å². The highest BCUT2D eigenvalue weighted by atomic mass is 16.5. The minimum atomic E-state index is -0.161.